The monoisotopic (exact) mass is 234 g/mol. The molecule has 0 amide bonds. The zero-order valence-electron chi connectivity index (χ0n) is 9.57. The van der Waals surface area contributed by atoms with Gasteiger partial charge in [-0.2, -0.15) is 0 Å². The number of rotatable bonds is 4. The average molecular weight is 234 g/mol. The van der Waals surface area contributed by atoms with Crippen LogP contribution in [0.25, 0.3) is 10.9 Å². The molecule has 0 aliphatic carbocycles. The molecular formula is C13H13FNO2. The number of hydrogen-bond donors (Lipinski definition) is 0. The Labute approximate surface area is 98.9 Å². The van der Waals surface area contributed by atoms with E-state index >= 15 is 0 Å². The van der Waals surface area contributed by atoms with Gasteiger partial charge in [0.1, 0.15) is 19.0 Å². The fourth-order valence-electron chi connectivity index (χ4n) is 1.65. The van der Waals surface area contributed by atoms with Gasteiger partial charge >= 0.3 is 0 Å². The second-order valence-electron chi connectivity index (χ2n) is 3.68. The van der Waals surface area contributed by atoms with Crippen LogP contribution in [0.3, 0.4) is 0 Å². The van der Waals surface area contributed by atoms with Crippen LogP contribution in [0.1, 0.15) is 12.6 Å². The molecule has 0 saturated carbocycles. The van der Waals surface area contributed by atoms with Gasteiger partial charge in [-0.25, -0.2) is 4.39 Å². The fourth-order valence-corrected chi connectivity index (χ4v) is 1.65. The van der Waals surface area contributed by atoms with E-state index in [1.165, 1.54) is 6.07 Å². The molecule has 0 bridgehead atoms. The van der Waals surface area contributed by atoms with E-state index in [4.69, 9.17) is 4.74 Å². The summed E-state index contributed by atoms with van der Waals surface area (Å²) in [6.45, 7) is 1.40. The largest absolute Gasteiger partial charge is 0.491 e. The molecule has 89 valence electrons. The van der Waals surface area contributed by atoms with Crippen LogP contribution in [0.2, 0.25) is 0 Å². The number of fused-ring (bicyclic) bond motifs is 1. The minimum Gasteiger partial charge on any atom is -0.491 e. The highest BCUT2D eigenvalue weighted by Crippen LogP contribution is 2.28. The Balaban J connectivity index is 2.43. The van der Waals surface area contributed by atoms with Gasteiger partial charge in [0.15, 0.2) is 5.75 Å². The minimum atomic E-state index is -0.546. The molecule has 0 spiro atoms. The number of aromatic nitrogens is 1. The lowest BCUT2D eigenvalue weighted by Gasteiger charge is -2.06. The molecule has 0 N–H and O–H groups in total. The molecule has 0 atom stereocenters. The molecule has 1 radical (unpaired) electrons. The first-order valence-electron chi connectivity index (χ1n) is 5.54. The topological polar surface area (TPSA) is 42.0 Å². The molecule has 1 aromatic carbocycles. The molecule has 1 aromatic heterocycles. The van der Waals surface area contributed by atoms with E-state index in [0.29, 0.717) is 16.7 Å². The van der Waals surface area contributed by atoms with E-state index in [9.17, 15) is 9.50 Å². The van der Waals surface area contributed by atoms with Crippen LogP contribution < -0.4 is 4.74 Å². The number of benzene rings is 1. The van der Waals surface area contributed by atoms with Crippen LogP contribution in [0, 0.1) is 0 Å². The van der Waals surface area contributed by atoms with Crippen LogP contribution in [-0.2, 0) is 11.5 Å². The minimum absolute atomic E-state index is 0.000168. The number of nitrogens with zero attached hydrogens (tertiary/aromatic N) is 1. The zero-order chi connectivity index (χ0) is 12.3. The highest BCUT2D eigenvalue weighted by atomic mass is 19.1. The van der Waals surface area contributed by atoms with Crippen molar-refractivity contribution in [1.29, 1.82) is 0 Å². The maximum Gasteiger partial charge on any atom is 0.189 e. The lowest BCUT2D eigenvalue weighted by Crippen LogP contribution is -1.98. The van der Waals surface area contributed by atoms with Crippen LogP contribution in [0.4, 0.5) is 4.39 Å². The standard InChI is InChI=1S/C13H13FNO2/c1-2-9-7-13(16)11-8-10(17-6-5-14)3-4-12(11)15-9/h3-4,7-8H,2,5-6H2,1H3. The van der Waals surface area contributed by atoms with Crippen molar-refractivity contribution in [3.63, 3.8) is 0 Å². The SMILES string of the molecule is CCc1cc([O])c2cc(OCCF)ccc2n1. The smallest absolute Gasteiger partial charge is 0.189 e. The lowest BCUT2D eigenvalue weighted by atomic mass is 10.1. The molecule has 3 nitrogen and oxygen atoms in total. The van der Waals surface area contributed by atoms with Gasteiger partial charge in [0.2, 0.25) is 0 Å². The van der Waals surface area contributed by atoms with Crippen molar-refractivity contribution >= 4 is 10.9 Å². The van der Waals surface area contributed by atoms with Gasteiger partial charge in [0.25, 0.3) is 0 Å². The average Bonchev–Trinajstić information content (AvgIpc) is 2.36. The summed E-state index contributed by atoms with van der Waals surface area (Å²) in [5.74, 6) is 0.427. The van der Waals surface area contributed by atoms with E-state index in [1.54, 1.807) is 18.2 Å². The van der Waals surface area contributed by atoms with Crippen LogP contribution >= 0.6 is 0 Å². The summed E-state index contributed by atoms with van der Waals surface area (Å²) >= 11 is 0. The van der Waals surface area contributed by atoms with E-state index in [2.05, 4.69) is 4.98 Å². The highest BCUT2D eigenvalue weighted by molar-refractivity contribution is 5.86. The van der Waals surface area contributed by atoms with Gasteiger partial charge in [0.05, 0.1) is 10.9 Å². The summed E-state index contributed by atoms with van der Waals surface area (Å²) in [4.78, 5) is 4.35. The number of hydrogen-bond acceptors (Lipinski definition) is 2. The van der Waals surface area contributed by atoms with Gasteiger partial charge in [-0.3, -0.25) is 10.1 Å². The molecule has 1 heterocycles. The molecule has 2 rings (SSSR count). The number of aryl methyl sites for hydroxylation is 1. The van der Waals surface area contributed by atoms with E-state index in [0.717, 1.165) is 12.1 Å². The molecule has 0 fully saturated rings. The number of ether oxygens (including phenoxy) is 1. The van der Waals surface area contributed by atoms with E-state index in [-0.39, 0.29) is 12.4 Å². The molecule has 4 heteroatoms. The zero-order valence-corrected chi connectivity index (χ0v) is 9.57. The van der Waals surface area contributed by atoms with Crippen LogP contribution in [0.15, 0.2) is 24.3 Å². The first-order chi connectivity index (χ1) is 8.24. The van der Waals surface area contributed by atoms with E-state index in [1.807, 2.05) is 6.92 Å². The molecule has 0 aliphatic rings. The highest BCUT2D eigenvalue weighted by Gasteiger charge is 2.07. The summed E-state index contributed by atoms with van der Waals surface area (Å²) in [7, 11) is 0. The fraction of sp³-hybridized carbons (Fsp3) is 0.308. The van der Waals surface area contributed by atoms with E-state index < -0.39 is 6.67 Å². The molecule has 2 aromatic rings. The molecule has 0 saturated heterocycles. The van der Waals surface area contributed by atoms with Crippen molar-refractivity contribution in [2.24, 2.45) is 0 Å². The predicted molar refractivity (Wildman–Crippen MR) is 62.7 cm³/mol. The van der Waals surface area contributed by atoms with Crippen molar-refractivity contribution in [3.05, 3.63) is 30.0 Å². The van der Waals surface area contributed by atoms with Crippen LogP contribution in [-0.4, -0.2) is 18.3 Å². The van der Waals surface area contributed by atoms with Gasteiger partial charge in [0, 0.05) is 11.8 Å². The van der Waals surface area contributed by atoms with Crippen molar-refractivity contribution < 1.29 is 14.2 Å². The van der Waals surface area contributed by atoms with Gasteiger partial charge in [-0.05, 0) is 24.6 Å². The maximum absolute atomic E-state index is 12.0. The second kappa shape index (κ2) is 4.99. The normalized spacial score (nSPS) is 10.7. The number of alkyl halides is 1. The summed E-state index contributed by atoms with van der Waals surface area (Å²) in [5, 5.41) is 12.3. The second-order valence-corrected chi connectivity index (χ2v) is 3.68. The summed E-state index contributed by atoms with van der Waals surface area (Å²) in [6.07, 6.45) is 0.727. The third-order valence-corrected chi connectivity index (χ3v) is 2.50. The summed E-state index contributed by atoms with van der Waals surface area (Å²) in [5.41, 5.74) is 1.43. The first-order valence-corrected chi connectivity index (χ1v) is 5.54. The Bertz CT molecular complexity index is 528. The van der Waals surface area contributed by atoms with Crippen LogP contribution in [0.5, 0.6) is 11.5 Å². The predicted octanol–water partition coefficient (Wildman–Crippen LogP) is 3.29. The Morgan fingerprint density at radius 1 is 1.35 bits per heavy atom. The molecule has 0 aliphatic heterocycles. The quantitative estimate of drug-likeness (QED) is 0.814. The summed E-state index contributed by atoms with van der Waals surface area (Å²) < 4.78 is 17.1. The van der Waals surface area contributed by atoms with Gasteiger partial charge in [-0.1, -0.05) is 6.92 Å². The van der Waals surface area contributed by atoms with Crippen molar-refractivity contribution in [3.8, 4) is 11.5 Å². The Morgan fingerprint density at radius 2 is 2.18 bits per heavy atom. The lowest BCUT2D eigenvalue weighted by molar-refractivity contribution is 0.273. The van der Waals surface area contributed by atoms with Gasteiger partial charge < -0.3 is 4.74 Å². The molecule has 0 unspecified atom stereocenters. The third-order valence-electron chi connectivity index (χ3n) is 2.50. The molecule has 17 heavy (non-hydrogen) atoms. The first kappa shape index (κ1) is 11.6. The Hall–Kier alpha value is -1.84. The number of pyridine rings is 1. The van der Waals surface area contributed by atoms with Crippen molar-refractivity contribution in [1.82, 2.24) is 4.98 Å². The van der Waals surface area contributed by atoms with Crippen molar-refractivity contribution in [2.45, 2.75) is 13.3 Å². The third kappa shape index (κ3) is 2.46. The van der Waals surface area contributed by atoms with Crippen molar-refractivity contribution in [2.75, 3.05) is 13.3 Å². The maximum atomic E-state index is 12.0. The summed E-state index contributed by atoms with van der Waals surface area (Å²) in [6, 6.07) is 6.56. The number of halogens is 1. The molecular weight excluding hydrogens is 221 g/mol. The van der Waals surface area contributed by atoms with Gasteiger partial charge in [-0.15, -0.1) is 0 Å². The Kier molecular flexibility index (Phi) is 3.42. The Morgan fingerprint density at radius 3 is 2.88 bits per heavy atom.